The van der Waals surface area contributed by atoms with E-state index in [0.29, 0.717) is 5.69 Å². The van der Waals surface area contributed by atoms with Crippen LogP contribution in [0.15, 0.2) is 48.5 Å². The lowest BCUT2D eigenvalue weighted by Gasteiger charge is -2.34. The molecule has 0 unspecified atom stereocenters. The van der Waals surface area contributed by atoms with Gasteiger partial charge in [0.15, 0.2) is 0 Å². The number of hydrogen-bond donors (Lipinski definition) is 1. The Morgan fingerprint density at radius 3 is 2.73 bits per heavy atom. The van der Waals surface area contributed by atoms with Crippen LogP contribution in [0.1, 0.15) is 18.1 Å². The van der Waals surface area contributed by atoms with Crippen molar-refractivity contribution in [1.29, 1.82) is 0 Å². The molecule has 1 aliphatic heterocycles. The molecule has 26 heavy (non-hydrogen) atoms. The van der Waals surface area contributed by atoms with E-state index in [-0.39, 0.29) is 37.4 Å². The van der Waals surface area contributed by atoms with Crippen LogP contribution in [0.3, 0.4) is 0 Å². The van der Waals surface area contributed by atoms with Gasteiger partial charge in [-0.15, -0.1) is 0 Å². The topological polar surface area (TPSA) is 58.6 Å². The van der Waals surface area contributed by atoms with Crippen molar-refractivity contribution >= 4 is 17.5 Å². The standard InChI is InChI=1S/C20H21FN2O3/c1-2-14-4-3-5-17(10-14)22-20(25)18-12-26-13-19(24)23(18)11-15-6-8-16(21)9-7-15/h3-10,18H,2,11-13H2,1H3,(H,22,25)/t18-/m0/s1. The first kappa shape index (κ1) is 18.1. The largest absolute Gasteiger partial charge is 0.369 e. The molecule has 2 aromatic carbocycles. The fraction of sp³-hybridized carbons (Fsp3) is 0.300. The lowest BCUT2D eigenvalue weighted by molar-refractivity contribution is -0.154. The number of carbonyl (C=O) groups is 2. The monoisotopic (exact) mass is 356 g/mol. The molecular formula is C20H21FN2O3. The highest BCUT2D eigenvalue weighted by molar-refractivity contribution is 5.98. The summed E-state index contributed by atoms with van der Waals surface area (Å²) in [5.74, 6) is -0.899. The number of halogens is 1. The van der Waals surface area contributed by atoms with E-state index in [1.54, 1.807) is 12.1 Å². The predicted molar refractivity (Wildman–Crippen MR) is 96.0 cm³/mol. The molecule has 0 radical (unpaired) electrons. The zero-order valence-electron chi connectivity index (χ0n) is 14.6. The lowest BCUT2D eigenvalue weighted by Crippen LogP contribution is -2.54. The zero-order chi connectivity index (χ0) is 18.5. The van der Waals surface area contributed by atoms with Crippen molar-refractivity contribution in [1.82, 2.24) is 4.90 Å². The van der Waals surface area contributed by atoms with E-state index in [2.05, 4.69) is 5.32 Å². The third-order valence-corrected chi connectivity index (χ3v) is 4.37. The number of benzene rings is 2. The van der Waals surface area contributed by atoms with Crippen LogP contribution >= 0.6 is 0 Å². The molecular weight excluding hydrogens is 335 g/mol. The Balaban J connectivity index is 1.75. The van der Waals surface area contributed by atoms with Gasteiger partial charge in [-0.2, -0.15) is 0 Å². The first-order chi connectivity index (χ1) is 12.6. The van der Waals surface area contributed by atoms with Gasteiger partial charge in [-0.3, -0.25) is 9.59 Å². The van der Waals surface area contributed by atoms with Gasteiger partial charge in [0, 0.05) is 12.2 Å². The summed E-state index contributed by atoms with van der Waals surface area (Å²) in [5.41, 5.74) is 2.56. The third kappa shape index (κ3) is 4.26. The van der Waals surface area contributed by atoms with Crippen molar-refractivity contribution in [2.75, 3.05) is 18.5 Å². The summed E-state index contributed by atoms with van der Waals surface area (Å²) in [6.07, 6.45) is 0.866. The van der Waals surface area contributed by atoms with Gasteiger partial charge >= 0.3 is 0 Å². The molecule has 2 aromatic rings. The highest BCUT2D eigenvalue weighted by Crippen LogP contribution is 2.17. The molecule has 1 saturated heterocycles. The number of aryl methyl sites for hydroxylation is 1. The maximum atomic E-state index is 13.1. The summed E-state index contributed by atoms with van der Waals surface area (Å²) in [6, 6.07) is 12.8. The van der Waals surface area contributed by atoms with Gasteiger partial charge in [-0.25, -0.2) is 4.39 Å². The second kappa shape index (κ2) is 8.10. The van der Waals surface area contributed by atoms with Crippen molar-refractivity contribution in [3.05, 3.63) is 65.5 Å². The molecule has 0 aliphatic carbocycles. The summed E-state index contributed by atoms with van der Waals surface area (Å²) < 4.78 is 18.4. The first-order valence-corrected chi connectivity index (χ1v) is 8.58. The van der Waals surface area contributed by atoms with Gasteiger partial charge in [0.1, 0.15) is 18.5 Å². The minimum Gasteiger partial charge on any atom is -0.369 e. The van der Waals surface area contributed by atoms with Crippen molar-refractivity contribution in [3.63, 3.8) is 0 Å². The fourth-order valence-corrected chi connectivity index (χ4v) is 2.90. The Bertz CT molecular complexity index is 792. The maximum absolute atomic E-state index is 13.1. The number of nitrogens with one attached hydrogen (secondary N) is 1. The van der Waals surface area contributed by atoms with E-state index in [1.807, 2.05) is 31.2 Å². The molecule has 0 aromatic heterocycles. The Labute approximate surface area is 151 Å². The lowest BCUT2D eigenvalue weighted by atomic mass is 10.1. The highest BCUT2D eigenvalue weighted by Gasteiger charge is 2.34. The number of carbonyl (C=O) groups excluding carboxylic acids is 2. The number of nitrogens with zero attached hydrogens (tertiary/aromatic N) is 1. The molecule has 2 amide bonds. The van der Waals surface area contributed by atoms with E-state index in [0.717, 1.165) is 17.5 Å². The Kier molecular flexibility index (Phi) is 5.63. The molecule has 1 N–H and O–H groups in total. The third-order valence-electron chi connectivity index (χ3n) is 4.37. The molecule has 0 saturated carbocycles. The molecule has 1 atom stereocenters. The van der Waals surface area contributed by atoms with Crippen LogP contribution in [0.4, 0.5) is 10.1 Å². The molecule has 0 bridgehead atoms. The summed E-state index contributed by atoms with van der Waals surface area (Å²) >= 11 is 0. The van der Waals surface area contributed by atoms with E-state index in [1.165, 1.54) is 17.0 Å². The maximum Gasteiger partial charge on any atom is 0.249 e. The van der Waals surface area contributed by atoms with Crippen molar-refractivity contribution in [2.45, 2.75) is 25.9 Å². The summed E-state index contributed by atoms with van der Waals surface area (Å²) in [5, 5.41) is 2.86. The fourth-order valence-electron chi connectivity index (χ4n) is 2.90. The van der Waals surface area contributed by atoms with E-state index in [9.17, 15) is 14.0 Å². The van der Waals surface area contributed by atoms with Crippen molar-refractivity contribution in [3.8, 4) is 0 Å². The smallest absolute Gasteiger partial charge is 0.249 e. The normalized spacial score (nSPS) is 17.2. The molecule has 1 aliphatic rings. The SMILES string of the molecule is CCc1cccc(NC(=O)[C@@H]2COCC(=O)N2Cc2ccc(F)cc2)c1. The van der Waals surface area contributed by atoms with Gasteiger partial charge < -0.3 is 15.0 Å². The van der Waals surface area contributed by atoms with Crippen molar-refractivity contribution < 1.29 is 18.7 Å². The van der Waals surface area contributed by atoms with Gasteiger partial charge in [0.05, 0.1) is 6.61 Å². The van der Waals surface area contributed by atoms with Crippen LogP contribution in [0.5, 0.6) is 0 Å². The van der Waals surface area contributed by atoms with Crippen LogP contribution in [-0.2, 0) is 27.3 Å². The minimum absolute atomic E-state index is 0.0592. The molecule has 1 heterocycles. The molecule has 0 spiro atoms. The quantitative estimate of drug-likeness (QED) is 0.896. The Morgan fingerprint density at radius 1 is 1.23 bits per heavy atom. The number of amides is 2. The molecule has 136 valence electrons. The van der Waals surface area contributed by atoms with Crippen LogP contribution < -0.4 is 5.32 Å². The number of anilines is 1. The average Bonchev–Trinajstić information content (AvgIpc) is 2.65. The summed E-state index contributed by atoms with van der Waals surface area (Å²) in [7, 11) is 0. The number of hydrogen-bond acceptors (Lipinski definition) is 3. The number of ether oxygens (including phenoxy) is 1. The zero-order valence-corrected chi connectivity index (χ0v) is 14.6. The second-order valence-corrected chi connectivity index (χ2v) is 6.22. The number of rotatable bonds is 5. The van der Waals surface area contributed by atoms with Gasteiger partial charge in [-0.1, -0.05) is 31.2 Å². The van der Waals surface area contributed by atoms with Gasteiger partial charge in [0.2, 0.25) is 11.8 Å². The molecule has 3 rings (SSSR count). The first-order valence-electron chi connectivity index (χ1n) is 8.58. The summed E-state index contributed by atoms with van der Waals surface area (Å²) in [4.78, 5) is 26.5. The van der Waals surface area contributed by atoms with Gasteiger partial charge in [-0.05, 0) is 41.8 Å². The summed E-state index contributed by atoms with van der Waals surface area (Å²) in [6.45, 7) is 2.34. The number of morpholine rings is 1. The Morgan fingerprint density at radius 2 is 2.00 bits per heavy atom. The Hall–Kier alpha value is -2.73. The van der Waals surface area contributed by atoms with Crippen LogP contribution in [0, 0.1) is 5.82 Å². The van der Waals surface area contributed by atoms with Crippen LogP contribution in [-0.4, -0.2) is 36.0 Å². The van der Waals surface area contributed by atoms with E-state index >= 15 is 0 Å². The van der Waals surface area contributed by atoms with Gasteiger partial charge in [0.25, 0.3) is 0 Å². The van der Waals surface area contributed by atoms with E-state index in [4.69, 9.17) is 4.74 Å². The average molecular weight is 356 g/mol. The van der Waals surface area contributed by atoms with E-state index < -0.39 is 6.04 Å². The second-order valence-electron chi connectivity index (χ2n) is 6.22. The highest BCUT2D eigenvalue weighted by atomic mass is 19.1. The van der Waals surface area contributed by atoms with Crippen LogP contribution in [0.25, 0.3) is 0 Å². The van der Waals surface area contributed by atoms with Crippen molar-refractivity contribution in [2.24, 2.45) is 0 Å². The molecule has 5 nitrogen and oxygen atoms in total. The van der Waals surface area contributed by atoms with Crippen LogP contribution in [0.2, 0.25) is 0 Å². The molecule has 1 fully saturated rings. The minimum atomic E-state index is -0.730. The molecule has 6 heteroatoms. The predicted octanol–water partition coefficient (Wildman–Crippen LogP) is 2.75.